The molecule has 0 aromatic rings. The molecule has 0 saturated heterocycles. The first-order valence-electron chi connectivity index (χ1n) is 5.57. The van der Waals surface area contributed by atoms with Crippen molar-refractivity contribution in [3.63, 3.8) is 0 Å². The maximum Gasteiger partial charge on any atom is 0.224 e. The summed E-state index contributed by atoms with van der Waals surface area (Å²) in [5, 5.41) is 2.76. The highest BCUT2D eigenvalue weighted by Crippen LogP contribution is 2.55. The van der Waals surface area contributed by atoms with E-state index >= 15 is 0 Å². The third kappa shape index (κ3) is 1.95. The maximum absolute atomic E-state index is 11.6. The molecule has 86 valence electrons. The topological polar surface area (TPSA) is 29.1 Å². The minimum Gasteiger partial charge on any atom is -0.333 e. The summed E-state index contributed by atoms with van der Waals surface area (Å²) < 4.78 is 0. The molecule has 0 spiro atoms. The van der Waals surface area contributed by atoms with Gasteiger partial charge in [-0.15, -0.1) is 0 Å². The number of allylic oxidation sites excluding steroid dienone is 1. The largest absolute Gasteiger partial charge is 0.333 e. The van der Waals surface area contributed by atoms with E-state index in [4.69, 9.17) is 0 Å². The van der Waals surface area contributed by atoms with Crippen LogP contribution in [0.1, 0.15) is 48.0 Å². The predicted octanol–water partition coefficient (Wildman–Crippen LogP) is 3.10. The van der Waals surface area contributed by atoms with Crippen molar-refractivity contribution in [1.29, 1.82) is 0 Å². The summed E-state index contributed by atoms with van der Waals surface area (Å²) >= 11 is 0. The number of hydrogen-bond acceptors (Lipinski definition) is 1. The van der Waals surface area contributed by atoms with Crippen LogP contribution in [0.5, 0.6) is 0 Å². The second kappa shape index (κ2) is 3.36. The van der Waals surface area contributed by atoms with Crippen LogP contribution in [0.15, 0.2) is 12.3 Å². The fourth-order valence-corrected chi connectivity index (χ4v) is 2.80. The van der Waals surface area contributed by atoms with Gasteiger partial charge >= 0.3 is 0 Å². The number of nitrogens with one attached hydrogen (secondary N) is 1. The first kappa shape index (κ1) is 12.3. The van der Waals surface area contributed by atoms with Crippen LogP contribution in [-0.2, 0) is 4.79 Å². The smallest absolute Gasteiger partial charge is 0.224 e. The molecule has 0 saturated carbocycles. The molecule has 0 aromatic heterocycles. The Labute approximate surface area is 93.1 Å². The van der Waals surface area contributed by atoms with Gasteiger partial charge in [0, 0.05) is 18.0 Å². The zero-order valence-electron chi connectivity index (χ0n) is 10.8. The fourth-order valence-electron chi connectivity index (χ4n) is 2.80. The normalized spacial score (nSPS) is 21.3. The summed E-state index contributed by atoms with van der Waals surface area (Å²) in [6, 6.07) is 0. The second-order valence-corrected chi connectivity index (χ2v) is 6.55. The van der Waals surface area contributed by atoms with E-state index in [0.29, 0.717) is 6.42 Å². The summed E-state index contributed by atoms with van der Waals surface area (Å²) in [4.78, 5) is 11.6. The van der Waals surface area contributed by atoms with Gasteiger partial charge in [-0.2, -0.15) is 0 Å². The molecule has 0 atom stereocenters. The Balaban J connectivity index is 3.26. The number of carbonyl (C=O) groups excluding carboxylic acids is 1. The lowest BCUT2D eigenvalue weighted by molar-refractivity contribution is -0.127. The van der Waals surface area contributed by atoms with Gasteiger partial charge < -0.3 is 5.32 Å². The van der Waals surface area contributed by atoms with E-state index < -0.39 is 0 Å². The van der Waals surface area contributed by atoms with E-state index in [1.165, 1.54) is 0 Å². The van der Waals surface area contributed by atoms with E-state index in [-0.39, 0.29) is 22.2 Å². The molecule has 0 unspecified atom stereocenters. The Hall–Kier alpha value is -0.790. The molecule has 1 rings (SSSR count). The molecule has 0 aromatic carbocycles. The molecule has 1 amide bonds. The average Bonchev–Trinajstić information content (AvgIpc) is 1.99. The lowest BCUT2D eigenvalue weighted by Gasteiger charge is -2.52. The summed E-state index contributed by atoms with van der Waals surface area (Å²) in [7, 11) is 0. The van der Waals surface area contributed by atoms with Crippen molar-refractivity contribution >= 4 is 5.91 Å². The van der Waals surface area contributed by atoms with Crippen molar-refractivity contribution in [3.05, 3.63) is 12.3 Å². The van der Waals surface area contributed by atoms with Gasteiger partial charge in [-0.3, -0.25) is 4.79 Å². The van der Waals surface area contributed by atoms with Gasteiger partial charge in [0.15, 0.2) is 0 Å². The number of rotatable bonds is 0. The Morgan fingerprint density at radius 1 is 1.13 bits per heavy atom. The Morgan fingerprint density at radius 2 is 1.60 bits per heavy atom. The van der Waals surface area contributed by atoms with Crippen LogP contribution >= 0.6 is 0 Å². The van der Waals surface area contributed by atoms with Gasteiger partial charge in [-0.25, -0.2) is 0 Å². The molecule has 1 aliphatic heterocycles. The number of amides is 1. The van der Waals surface area contributed by atoms with Gasteiger partial charge in [0.05, 0.1) is 0 Å². The standard InChI is InChI=1S/C13H23NO/c1-11(2,3)13(12(4,5)6)7-8-14-10(15)9-13/h7-8H,9H2,1-6H3,(H,14,15). The molecule has 0 aliphatic carbocycles. The van der Waals surface area contributed by atoms with Crippen molar-refractivity contribution < 1.29 is 4.79 Å². The molecule has 0 fully saturated rings. The van der Waals surface area contributed by atoms with Gasteiger partial charge in [0.1, 0.15) is 0 Å². The van der Waals surface area contributed by atoms with Crippen molar-refractivity contribution in [2.75, 3.05) is 0 Å². The summed E-state index contributed by atoms with van der Waals surface area (Å²) in [6.07, 6.45) is 4.56. The SMILES string of the molecule is CC(C)(C)C1(C(C)(C)C)C=CNC(=O)C1. The second-order valence-electron chi connectivity index (χ2n) is 6.55. The minimum absolute atomic E-state index is 0.0671. The van der Waals surface area contributed by atoms with Crippen molar-refractivity contribution in [2.24, 2.45) is 16.2 Å². The first-order valence-corrected chi connectivity index (χ1v) is 5.57. The molecule has 0 radical (unpaired) electrons. The van der Waals surface area contributed by atoms with E-state index in [2.05, 4.69) is 52.9 Å². The van der Waals surface area contributed by atoms with Gasteiger partial charge in [0.25, 0.3) is 0 Å². The van der Waals surface area contributed by atoms with Crippen LogP contribution in [-0.4, -0.2) is 5.91 Å². The maximum atomic E-state index is 11.6. The van der Waals surface area contributed by atoms with E-state index in [1.807, 2.05) is 6.20 Å². The molecule has 2 nitrogen and oxygen atoms in total. The third-order valence-corrected chi connectivity index (χ3v) is 3.73. The lowest BCUT2D eigenvalue weighted by atomic mass is 9.52. The monoisotopic (exact) mass is 209 g/mol. The quantitative estimate of drug-likeness (QED) is 0.652. The lowest BCUT2D eigenvalue weighted by Crippen LogP contribution is -2.49. The summed E-state index contributed by atoms with van der Waals surface area (Å²) in [6.45, 7) is 13.3. The molecule has 15 heavy (non-hydrogen) atoms. The van der Waals surface area contributed by atoms with Crippen LogP contribution in [0.4, 0.5) is 0 Å². The highest BCUT2D eigenvalue weighted by Gasteiger charge is 2.50. The Morgan fingerprint density at radius 3 is 1.87 bits per heavy atom. The van der Waals surface area contributed by atoms with Crippen LogP contribution < -0.4 is 5.32 Å². The minimum atomic E-state index is -0.0671. The number of carbonyl (C=O) groups is 1. The van der Waals surface area contributed by atoms with E-state index in [9.17, 15) is 4.79 Å². The van der Waals surface area contributed by atoms with E-state index in [0.717, 1.165) is 0 Å². The fraction of sp³-hybridized carbons (Fsp3) is 0.769. The molecule has 2 heteroatoms. The zero-order chi connectivity index (χ0) is 11.9. The first-order chi connectivity index (χ1) is 6.60. The van der Waals surface area contributed by atoms with Gasteiger partial charge in [-0.1, -0.05) is 47.6 Å². The zero-order valence-corrected chi connectivity index (χ0v) is 10.8. The van der Waals surface area contributed by atoms with Crippen LogP contribution in [0.3, 0.4) is 0 Å². The average molecular weight is 209 g/mol. The van der Waals surface area contributed by atoms with Crippen LogP contribution in [0.2, 0.25) is 0 Å². The summed E-state index contributed by atoms with van der Waals surface area (Å²) in [5.41, 5.74) is 0.0986. The molecule has 1 N–H and O–H groups in total. The molecule has 1 heterocycles. The van der Waals surface area contributed by atoms with E-state index in [1.54, 1.807) is 0 Å². The highest BCUT2D eigenvalue weighted by molar-refractivity contribution is 5.79. The predicted molar refractivity (Wildman–Crippen MR) is 63.2 cm³/mol. The van der Waals surface area contributed by atoms with Gasteiger partial charge in [-0.05, 0) is 10.8 Å². The Kier molecular flexibility index (Phi) is 2.75. The van der Waals surface area contributed by atoms with Crippen LogP contribution in [0, 0.1) is 16.2 Å². The number of hydrogen-bond donors (Lipinski definition) is 1. The van der Waals surface area contributed by atoms with Crippen LogP contribution in [0.25, 0.3) is 0 Å². The van der Waals surface area contributed by atoms with Crippen molar-refractivity contribution in [1.82, 2.24) is 5.32 Å². The van der Waals surface area contributed by atoms with Gasteiger partial charge in [0.2, 0.25) is 5.91 Å². The van der Waals surface area contributed by atoms with Crippen molar-refractivity contribution in [2.45, 2.75) is 48.0 Å². The third-order valence-electron chi connectivity index (χ3n) is 3.73. The summed E-state index contributed by atoms with van der Waals surface area (Å²) in [5.74, 6) is 0.127. The Bertz CT molecular complexity index is 275. The highest BCUT2D eigenvalue weighted by atomic mass is 16.1. The molecular formula is C13H23NO. The molecule has 1 aliphatic rings. The molecular weight excluding hydrogens is 186 g/mol. The van der Waals surface area contributed by atoms with Crippen molar-refractivity contribution in [3.8, 4) is 0 Å². The molecule has 0 bridgehead atoms.